The quantitative estimate of drug-likeness (QED) is 0.569. The van der Waals surface area contributed by atoms with Gasteiger partial charge in [0.05, 0.1) is 0 Å². The van der Waals surface area contributed by atoms with Crippen LogP contribution < -0.4 is 11.1 Å². The fourth-order valence-electron chi connectivity index (χ4n) is 0.600. The number of thioether (sulfide) groups is 1. The van der Waals surface area contributed by atoms with E-state index >= 15 is 0 Å². The minimum absolute atomic E-state index is 0.241. The molecule has 0 radical (unpaired) electrons. The zero-order valence-corrected chi connectivity index (χ0v) is 7.91. The van der Waals surface area contributed by atoms with E-state index in [1.165, 1.54) is 0 Å². The fraction of sp³-hybridized carbons (Fsp3) is 0.857. The van der Waals surface area contributed by atoms with Crippen LogP contribution in [0.25, 0.3) is 0 Å². The molecule has 0 aliphatic carbocycles. The summed E-state index contributed by atoms with van der Waals surface area (Å²) in [7, 11) is 0. The van der Waals surface area contributed by atoms with E-state index in [4.69, 9.17) is 5.73 Å². The lowest BCUT2D eigenvalue weighted by molar-refractivity contribution is -0.117. The standard InChI is InChI=1S/C7H16N2OS/c1-6(11-2)5-9-4-3-7(8)10/h6,9H,3-5H2,1-2H3,(H2,8,10). The Morgan fingerprint density at radius 1 is 1.73 bits per heavy atom. The molecule has 0 saturated heterocycles. The van der Waals surface area contributed by atoms with Crippen LogP contribution in [-0.2, 0) is 4.79 Å². The maximum atomic E-state index is 10.3. The van der Waals surface area contributed by atoms with Crippen molar-refractivity contribution >= 4 is 17.7 Å². The SMILES string of the molecule is CSC(C)CNCCC(N)=O. The number of nitrogens with one attached hydrogen (secondary N) is 1. The molecule has 0 aromatic heterocycles. The van der Waals surface area contributed by atoms with E-state index in [-0.39, 0.29) is 5.91 Å². The highest BCUT2D eigenvalue weighted by molar-refractivity contribution is 7.99. The summed E-state index contributed by atoms with van der Waals surface area (Å²) in [5.74, 6) is -0.241. The number of nitrogens with two attached hydrogens (primary N) is 1. The molecule has 0 aliphatic rings. The molecule has 0 heterocycles. The van der Waals surface area contributed by atoms with E-state index in [1.807, 2.05) is 0 Å². The van der Waals surface area contributed by atoms with Crippen molar-refractivity contribution in [2.24, 2.45) is 5.73 Å². The molecule has 0 saturated carbocycles. The first-order valence-electron chi connectivity index (χ1n) is 3.68. The van der Waals surface area contributed by atoms with Gasteiger partial charge in [-0.1, -0.05) is 6.92 Å². The van der Waals surface area contributed by atoms with Crippen molar-refractivity contribution in [3.63, 3.8) is 0 Å². The molecule has 0 aromatic carbocycles. The van der Waals surface area contributed by atoms with Gasteiger partial charge in [0.1, 0.15) is 0 Å². The van der Waals surface area contributed by atoms with Crippen LogP contribution in [0.5, 0.6) is 0 Å². The highest BCUT2D eigenvalue weighted by atomic mass is 32.2. The summed E-state index contributed by atoms with van der Waals surface area (Å²) in [4.78, 5) is 10.3. The Morgan fingerprint density at radius 3 is 2.82 bits per heavy atom. The van der Waals surface area contributed by atoms with Crippen molar-refractivity contribution in [3.05, 3.63) is 0 Å². The first-order valence-corrected chi connectivity index (χ1v) is 4.97. The lowest BCUT2D eigenvalue weighted by Crippen LogP contribution is -2.26. The van der Waals surface area contributed by atoms with Gasteiger partial charge in [0, 0.05) is 24.8 Å². The first kappa shape index (κ1) is 10.8. The Morgan fingerprint density at radius 2 is 2.36 bits per heavy atom. The molecule has 1 amide bonds. The van der Waals surface area contributed by atoms with Crippen LogP contribution in [0, 0.1) is 0 Å². The zero-order valence-electron chi connectivity index (χ0n) is 7.09. The third-order valence-corrected chi connectivity index (χ3v) is 2.35. The molecule has 3 N–H and O–H groups in total. The van der Waals surface area contributed by atoms with E-state index in [0.29, 0.717) is 18.2 Å². The summed E-state index contributed by atoms with van der Waals surface area (Å²) in [6.07, 6.45) is 2.50. The van der Waals surface area contributed by atoms with E-state index in [1.54, 1.807) is 11.8 Å². The second-order valence-corrected chi connectivity index (χ2v) is 3.74. The van der Waals surface area contributed by atoms with Crippen LogP contribution in [0.2, 0.25) is 0 Å². The highest BCUT2D eigenvalue weighted by Crippen LogP contribution is 2.01. The molecule has 0 aromatic rings. The van der Waals surface area contributed by atoms with Gasteiger partial charge in [0.2, 0.25) is 5.91 Å². The summed E-state index contributed by atoms with van der Waals surface area (Å²) in [5.41, 5.74) is 4.96. The predicted molar refractivity (Wildman–Crippen MR) is 49.7 cm³/mol. The topological polar surface area (TPSA) is 55.1 Å². The number of carbonyl (C=O) groups excluding carboxylic acids is 1. The van der Waals surface area contributed by atoms with Gasteiger partial charge in [-0.2, -0.15) is 11.8 Å². The Kier molecular flexibility index (Phi) is 6.36. The molecular formula is C7H16N2OS. The van der Waals surface area contributed by atoms with E-state index in [2.05, 4.69) is 18.5 Å². The van der Waals surface area contributed by atoms with Crippen LogP contribution in [0.1, 0.15) is 13.3 Å². The van der Waals surface area contributed by atoms with Crippen LogP contribution in [0.3, 0.4) is 0 Å². The summed E-state index contributed by atoms with van der Waals surface area (Å²) < 4.78 is 0. The van der Waals surface area contributed by atoms with E-state index in [9.17, 15) is 4.79 Å². The average molecular weight is 176 g/mol. The van der Waals surface area contributed by atoms with Gasteiger partial charge in [0.15, 0.2) is 0 Å². The maximum Gasteiger partial charge on any atom is 0.218 e. The minimum Gasteiger partial charge on any atom is -0.370 e. The molecule has 1 atom stereocenters. The number of hydrogen-bond acceptors (Lipinski definition) is 3. The van der Waals surface area contributed by atoms with Crippen molar-refractivity contribution in [2.75, 3.05) is 19.3 Å². The van der Waals surface area contributed by atoms with Crippen molar-refractivity contribution in [2.45, 2.75) is 18.6 Å². The Balaban J connectivity index is 3.08. The van der Waals surface area contributed by atoms with Crippen molar-refractivity contribution < 1.29 is 4.79 Å². The molecule has 3 nitrogen and oxygen atoms in total. The van der Waals surface area contributed by atoms with Crippen molar-refractivity contribution in [1.29, 1.82) is 0 Å². The summed E-state index contributed by atoms with van der Waals surface area (Å²) >= 11 is 1.80. The van der Waals surface area contributed by atoms with Crippen LogP contribution in [0.15, 0.2) is 0 Å². The third-order valence-electron chi connectivity index (χ3n) is 1.38. The molecule has 11 heavy (non-hydrogen) atoms. The van der Waals surface area contributed by atoms with E-state index in [0.717, 1.165) is 6.54 Å². The number of hydrogen-bond donors (Lipinski definition) is 2. The summed E-state index contributed by atoms with van der Waals surface area (Å²) in [6.45, 7) is 3.77. The molecule has 0 rings (SSSR count). The van der Waals surface area contributed by atoms with Gasteiger partial charge in [-0.05, 0) is 6.26 Å². The van der Waals surface area contributed by atoms with Gasteiger partial charge in [0.25, 0.3) is 0 Å². The van der Waals surface area contributed by atoms with Gasteiger partial charge in [-0.25, -0.2) is 0 Å². The van der Waals surface area contributed by atoms with Gasteiger partial charge < -0.3 is 11.1 Å². The summed E-state index contributed by atoms with van der Waals surface area (Å²) in [5, 5.41) is 3.75. The molecule has 0 fully saturated rings. The molecule has 0 bridgehead atoms. The molecule has 4 heteroatoms. The number of rotatable bonds is 6. The van der Waals surface area contributed by atoms with Gasteiger partial charge in [-0.15, -0.1) is 0 Å². The maximum absolute atomic E-state index is 10.3. The number of primary amides is 1. The van der Waals surface area contributed by atoms with Gasteiger partial charge >= 0.3 is 0 Å². The zero-order chi connectivity index (χ0) is 8.69. The molecule has 0 aliphatic heterocycles. The highest BCUT2D eigenvalue weighted by Gasteiger charge is 1.98. The smallest absolute Gasteiger partial charge is 0.218 e. The largest absolute Gasteiger partial charge is 0.370 e. The second-order valence-electron chi connectivity index (χ2n) is 2.47. The van der Waals surface area contributed by atoms with Crippen LogP contribution in [-0.4, -0.2) is 30.5 Å². The molecule has 66 valence electrons. The Hall–Kier alpha value is -0.220. The monoisotopic (exact) mass is 176 g/mol. The lowest BCUT2D eigenvalue weighted by Gasteiger charge is -2.08. The first-order chi connectivity index (χ1) is 5.16. The van der Waals surface area contributed by atoms with Crippen LogP contribution in [0.4, 0.5) is 0 Å². The van der Waals surface area contributed by atoms with Crippen LogP contribution >= 0.6 is 11.8 Å². The fourth-order valence-corrected chi connectivity index (χ4v) is 0.885. The third kappa shape index (κ3) is 7.68. The van der Waals surface area contributed by atoms with Crippen molar-refractivity contribution in [1.82, 2.24) is 5.32 Å². The minimum atomic E-state index is -0.241. The average Bonchev–Trinajstić information content (AvgIpc) is 1.97. The predicted octanol–water partition coefficient (Wildman–Crippen LogP) is 0.203. The lowest BCUT2D eigenvalue weighted by atomic mass is 10.4. The molecule has 1 unspecified atom stereocenters. The van der Waals surface area contributed by atoms with Gasteiger partial charge in [-0.3, -0.25) is 4.79 Å². The normalized spacial score (nSPS) is 12.9. The van der Waals surface area contributed by atoms with E-state index < -0.39 is 0 Å². The second kappa shape index (κ2) is 6.49. The summed E-state index contributed by atoms with van der Waals surface area (Å²) in [6, 6.07) is 0. The molecule has 0 spiro atoms. The number of carbonyl (C=O) groups is 1. The molecular weight excluding hydrogens is 160 g/mol. The Labute approximate surface area is 72.1 Å². The number of amides is 1. The van der Waals surface area contributed by atoms with Crippen molar-refractivity contribution in [3.8, 4) is 0 Å². The Bertz CT molecular complexity index is 119.